The Balaban J connectivity index is 1.58. The minimum absolute atomic E-state index is 0.0904. The maximum atomic E-state index is 12.0. The zero-order chi connectivity index (χ0) is 15.4. The monoisotopic (exact) mass is 337 g/mol. The lowest BCUT2D eigenvalue weighted by atomic mass is 10.2. The second-order valence-corrected chi connectivity index (χ2v) is 7.04. The largest absolute Gasteiger partial charge is 0.490 e. The Labute approximate surface area is 136 Å². The Morgan fingerprint density at radius 3 is 2.91 bits per heavy atom. The molecule has 0 atom stereocenters. The average molecular weight is 337 g/mol. The van der Waals surface area contributed by atoms with Gasteiger partial charge in [-0.25, -0.2) is 0 Å². The van der Waals surface area contributed by atoms with Gasteiger partial charge in [-0.05, 0) is 19.1 Å². The number of carbonyl (C=O) groups is 1. The number of amides is 1. The van der Waals surface area contributed by atoms with Crippen LogP contribution in [0.4, 0.5) is 5.69 Å². The average Bonchev–Trinajstić information content (AvgIpc) is 2.78. The molecule has 3 rings (SSSR count). The predicted molar refractivity (Wildman–Crippen MR) is 86.0 cm³/mol. The lowest BCUT2D eigenvalue weighted by Crippen LogP contribution is -2.14. The maximum absolute atomic E-state index is 12.0. The Kier molecular flexibility index (Phi) is 4.79. The highest BCUT2D eigenvalue weighted by Crippen LogP contribution is 2.32. The summed E-state index contributed by atoms with van der Waals surface area (Å²) in [5, 5.41) is 11.6. The molecular weight excluding hydrogens is 322 g/mol. The van der Waals surface area contributed by atoms with Crippen molar-refractivity contribution < 1.29 is 14.3 Å². The first kappa shape index (κ1) is 15.1. The number of hydrogen-bond acceptors (Lipinski definition) is 7. The second-order valence-electron chi connectivity index (χ2n) is 4.64. The number of fused-ring (bicyclic) bond motifs is 1. The van der Waals surface area contributed by atoms with Gasteiger partial charge in [0, 0.05) is 18.2 Å². The van der Waals surface area contributed by atoms with Gasteiger partial charge in [0.05, 0.1) is 19.0 Å². The fourth-order valence-electron chi connectivity index (χ4n) is 1.90. The van der Waals surface area contributed by atoms with Gasteiger partial charge in [-0.1, -0.05) is 23.1 Å². The molecule has 1 aliphatic rings. The number of carbonyl (C=O) groups excluding carboxylic acids is 1. The van der Waals surface area contributed by atoms with E-state index in [1.165, 1.54) is 23.1 Å². The van der Waals surface area contributed by atoms with Crippen LogP contribution < -0.4 is 14.8 Å². The van der Waals surface area contributed by atoms with Crippen LogP contribution in [0.5, 0.6) is 11.5 Å². The van der Waals surface area contributed by atoms with Crippen molar-refractivity contribution in [2.24, 2.45) is 0 Å². The number of rotatable bonds is 4. The molecule has 0 spiro atoms. The van der Waals surface area contributed by atoms with Crippen LogP contribution in [0.2, 0.25) is 0 Å². The third-order valence-corrected chi connectivity index (χ3v) is 4.84. The third kappa shape index (κ3) is 3.89. The molecule has 0 radical (unpaired) electrons. The predicted octanol–water partition coefficient (Wildman–Crippen LogP) is 2.74. The summed E-state index contributed by atoms with van der Waals surface area (Å²) in [5.74, 6) is 1.59. The van der Waals surface area contributed by atoms with Gasteiger partial charge in [0.2, 0.25) is 5.91 Å². The van der Waals surface area contributed by atoms with Crippen LogP contribution in [-0.2, 0) is 4.79 Å². The van der Waals surface area contributed by atoms with E-state index in [1.807, 2.05) is 19.1 Å². The fraction of sp³-hybridized carbons (Fsp3) is 0.357. The molecule has 1 aliphatic heterocycles. The summed E-state index contributed by atoms with van der Waals surface area (Å²) < 4.78 is 12.0. The van der Waals surface area contributed by atoms with Gasteiger partial charge in [0.25, 0.3) is 0 Å². The van der Waals surface area contributed by atoms with Gasteiger partial charge in [0.15, 0.2) is 15.8 Å². The van der Waals surface area contributed by atoms with Crippen molar-refractivity contribution in [3.63, 3.8) is 0 Å². The van der Waals surface area contributed by atoms with Crippen LogP contribution >= 0.6 is 23.1 Å². The van der Waals surface area contributed by atoms with Crippen molar-refractivity contribution in [2.75, 3.05) is 24.3 Å². The molecule has 1 aromatic heterocycles. The van der Waals surface area contributed by atoms with Crippen LogP contribution in [0.3, 0.4) is 0 Å². The lowest BCUT2D eigenvalue weighted by molar-refractivity contribution is -0.113. The second kappa shape index (κ2) is 6.97. The quantitative estimate of drug-likeness (QED) is 0.865. The molecule has 8 heteroatoms. The number of nitrogens with zero attached hydrogens (tertiary/aromatic N) is 2. The van der Waals surface area contributed by atoms with Gasteiger partial charge < -0.3 is 14.8 Å². The van der Waals surface area contributed by atoms with Crippen molar-refractivity contribution >= 4 is 34.7 Å². The third-order valence-electron chi connectivity index (χ3n) is 2.87. The van der Waals surface area contributed by atoms with E-state index in [9.17, 15) is 4.79 Å². The van der Waals surface area contributed by atoms with E-state index in [0.29, 0.717) is 36.2 Å². The van der Waals surface area contributed by atoms with Gasteiger partial charge in [0.1, 0.15) is 5.01 Å². The first-order valence-electron chi connectivity index (χ1n) is 6.83. The zero-order valence-electron chi connectivity index (χ0n) is 12.0. The molecule has 1 aromatic carbocycles. The first-order valence-corrected chi connectivity index (χ1v) is 8.63. The number of thioether (sulfide) groups is 1. The number of aromatic nitrogens is 2. The van der Waals surface area contributed by atoms with E-state index in [4.69, 9.17) is 9.47 Å². The molecule has 1 N–H and O–H groups in total. The van der Waals surface area contributed by atoms with Crippen LogP contribution in [0.1, 0.15) is 11.4 Å². The van der Waals surface area contributed by atoms with Gasteiger partial charge in [-0.2, -0.15) is 0 Å². The van der Waals surface area contributed by atoms with E-state index in [0.717, 1.165) is 15.8 Å². The van der Waals surface area contributed by atoms with E-state index < -0.39 is 0 Å². The van der Waals surface area contributed by atoms with E-state index >= 15 is 0 Å². The topological polar surface area (TPSA) is 73.3 Å². The first-order chi connectivity index (χ1) is 10.7. The van der Waals surface area contributed by atoms with Gasteiger partial charge in [-0.15, -0.1) is 10.2 Å². The van der Waals surface area contributed by atoms with Crippen molar-refractivity contribution in [2.45, 2.75) is 17.7 Å². The van der Waals surface area contributed by atoms with E-state index in [-0.39, 0.29) is 5.91 Å². The number of nitrogens with one attached hydrogen (secondary N) is 1. The lowest BCUT2D eigenvalue weighted by Gasteiger charge is -2.10. The van der Waals surface area contributed by atoms with Crippen molar-refractivity contribution in [1.29, 1.82) is 0 Å². The summed E-state index contributed by atoms with van der Waals surface area (Å²) in [5.41, 5.74) is 0.697. The Hall–Kier alpha value is -1.80. The molecule has 0 saturated heterocycles. The maximum Gasteiger partial charge on any atom is 0.234 e. The molecular formula is C14H15N3O3S2. The van der Waals surface area contributed by atoms with Crippen molar-refractivity contribution in [1.82, 2.24) is 10.2 Å². The van der Waals surface area contributed by atoms with Crippen LogP contribution in [0, 0.1) is 6.92 Å². The minimum atomic E-state index is -0.0904. The van der Waals surface area contributed by atoms with E-state index in [1.54, 1.807) is 6.07 Å². The van der Waals surface area contributed by atoms with Gasteiger partial charge in [-0.3, -0.25) is 4.79 Å². The van der Waals surface area contributed by atoms with E-state index in [2.05, 4.69) is 15.5 Å². The van der Waals surface area contributed by atoms with Crippen molar-refractivity contribution in [3.8, 4) is 11.5 Å². The molecule has 0 bridgehead atoms. The number of ether oxygens (including phenoxy) is 2. The summed E-state index contributed by atoms with van der Waals surface area (Å²) in [6.07, 6.45) is 0.855. The molecule has 116 valence electrons. The standard InChI is InChI=1S/C14H15N3O3S2/c1-9-16-17-14(22-9)21-8-13(18)15-10-3-4-11-12(7-10)20-6-2-5-19-11/h3-4,7H,2,5-6,8H2,1H3,(H,15,18). The molecule has 1 amide bonds. The summed E-state index contributed by atoms with van der Waals surface area (Å²) >= 11 is 2.86. The number of aryl methyl sites for hydroxylation is 1. The van der Waals surface area contributed by atoms with Crippen LogP contribution in [0.15, 0.2) is 22.5 Å². The Morgan fingerprint density at radius 2 is 2.14 bits per heavy atom. The molecule has 0 saturated carbocycles. The van der Waals surface area contributed by atoms with Gasteiger partial charge >= 0.3 is 0 Å². The molecule has 0 unspecified atom stereocenters. The number of anilines is 1. The highest BCUT2D eigenvalue weighted by atomic mass is 32.2. The molecule has 6 nitrogen and oxygen atoms in total. The zero-order valence-corrected chi connectivity index (χ0v) is 13.6. The molecule has 2 aromatic rings. The molecule has 2 heterocycles. The molecule has 22 heavy (non-hydrogen) atoms. The fourth-order valence-corrected chi connectivity index (χ4v) is 3.52. The van der Waals surface area contributed by atoms with Crippen LogP contribution in [0.25, 0.3) is 0 Å². The summed E-state index contributed by atoms with van der Waals surface area (Å²) in [6, 6.07) is 5.42. The smallest absolute Gasteiger partial charge is 0.234 e. The Morgan fingerprint density at radius 1 is 1.32 bits per heavy atom. The summed E-state index contributed by atoms with van der Waals surface area (Å²) in [4.78, 5) is 12.0. The summed E-state index contributed by atoms with van der Waals surface area (Å²) in [7, 11) is 0. The van der Waals surface area contributed by atoms with Crippen LogP contribution in [-0.4, -0.2) is 35.1 Å². The normalized spacial score (nSPS) is 13.5. The summed E-state index contributed by atoms with van der Waals surface area (Å²) in [6.45, 7) is 3.16. The minimum Gasteiger partial charge on any atom is -0.490 e. The molecule has 0 fully saturated rings. The molecule has 0 aliphatic carbocycles. The Bertz CT molecular complexity index is 675. The highest BCUT2D eigenvalue weighted by Gasteiger charge is 2.12. The number of benzene rings is 1. The highest BCUT2D eigenvalue weighted by molar-refractivity contribution is 8.01. The SMILES string of the molecule is Cc1nnc(SCC(=O)Nc2ccc3c(c2)OCCCO3)s1. The van der Waals surface area contributed by atoms with Crippen molar-refractivity contribution in [3.05, 3.63) is 23.2 Å². The number of hydrogen-bond donors (Lipinski definition) is 1.